The Bertz CT molecular complexity index is 1500. The maximum atomic E-state index is 12.8. The van der Waals surface area contributed by atoms with E-state index in [1.54, 1.807) is 17.0 Å². The summed E-state index contributed by atoms with van der Waals surface area (Å²) in [5.41, 5.74) is 0.492. The molecule has 12 nitrogen and oxygen atoms in total. The molecule has 0 radical (unpaired) electrons. The number of sulfone groups is 1. The van der Waals surface area contributed by atoms with Crippen LogP contribution < -0.4 is 10.6 Å². The zero-order chi connectivity index (χ0) is 28.2. The molecule has 0 aliphatic carbocycles. The van der Waals surface area contributed by atoms with Crippen molar-refractivity contribution in [2.24, 2.45) is 5.92 Å². The average Bonchev–Trinajstić information content (AvgIpc) is 3.54. The lowest BCUT2D eigenvalue weighted by Gasteiger charge is -2.16. The molecule has 14 heteroatoms. The van der Waals surface area contributed by atoms with Gasteiger partial charge in [-0.15, -0.1) is 0 Å². The van der Waals surface area contributed by atoms with Crippen LogP contribution in [0.1, 0.15) is 36.5 Å². The van der Waals surface area contributed by atoms with Gasteiger partial charge in [0, 0.05) is 42.9 Å². The van der Waals surface area contributed by atoms with Crippen molar-refractivity contribution < 1.29 is 27.7 Å². The third-order valence-corrected chi connectivity index (χ3v) is 9.25. The molecule has 1 saturated heterocycles. The number of carbonyl (C=O) groups excluding carboxylic acids is 3. The predicted molar refractivity (Wildman–Crippen MR) is 143 cm³/mol. The van der Waals surface area contributed by atoms with E-state index in [0.717, 1.165) is 54.6 Å². The third-order valence-electron chi connectivity index (χ3n) is 6.11. The number of hydrogen-bond acceptors (Lipinski definition) is 9. The van der Waals surface area contributed by atoms with E-state index in [4.69, 9.17) is 0 Å². The topological polar surface area (TPSA) is 169 Å². The summed E-state index contributed by atoms with van der Waals surface area (Å²) in [5.74, 6) is -1.25. The van der Waals surface area contributed by atoms with Crippen LogP contribution in [0.15, 0.2) is 63.8 Å². The first-order valence-electron chi connectivity index (χ1n) is 12.0. The maximum Gasteiger partial charge on any atom is 0.269 e. The lowest BCUT2D eigenvalue weighted by Crippen LogP contribution is -2.29. The molecular weight excluding hydrogens is 546 g/mol. The first-order valence-corrected chi connectivity index (χ1v) is 14.3. The predicted octanol–water partition coefficient (Wildman–Crippen LogP) is 3.72. The Balaban J connectivity index is 1.35. The molecule has 1 aliphatic heterocycles. The molecule has 204 valence electrons. The summed E-state index contributed by atoms with van der Waals surface area (Å²) in [5, 5.41) is 16.2. The van der Waals surface area contributed by atoms with Gasteiger partial charge in [-0.05, 0) is 42.8 Å². The summed E-state index contributed by atoms with van der Waals surface area (Å²) >= 11 is 0.746. The van der Waals surface area contributed by atoms with Gasteiger partial charge in [0.25, 0.3) is 11.6 Å². The number of nitro benzene ring substituents is 1. The number of nitro groups is 1. The van der Waals surface area contributed by atoms with Gasteiger partial charge >= 0.3 is 0 Å². The number of rotatable bonds is 10. The van der Waals surface area contributed by atoms with Gasteiger partial charge in [-0.3, -0.25) is 29.8 Å². The van der Waals surface area contributed by atoms with E-state index in [9.17, 15) is 32.9 Å². The van der Waals surface area contributed by atoms with E-state index in [1.807, 2.05) is 6.92 Å². The minimum absolute atomic E-state index is 0.0264. The van der Waals surface area contributed by atoms with Gasteiger partial charge in [0.2, 0.25) is 21.7 Å². The number of aromatic nitrogens is 1. The Hall–Kier alpha value is -4.17. The molecule has 2 aromatic carbocycles. The van der Waals surface area contributed by atoms with Gasteiger partial charge in [0.05, 0.1) is 21.9 Å². The fraction of sp³-hybridized carbons (Fsp3) is 0.280. The summed E-state index contributed by atoms with van der Waals surface area (Å²) in [6.45, 7) is 3.07. The van der Waals surface area contributed by atoms with Crippen LogP contribution in [0.25, 0.3) is 0 Å². The van der Waals surface area contributed by atoms with Crippen molar-refractivity contribution in [1.82, 2.24) is 9.88 Å². The van der Waals surface area contributed by atoms with Crippen molar-refractivity contribution in [1.29, 1.82) is 0 Å². The summed E-state index contributed by atoms with van der Waals surface area (Å²) in [6, 6.07) is 10.6. The number of non-ortho nitro benzene ring substituents is 1. The summed E-state index contributed by atoms with van der Waals surface area (Å²) in [6.07, 6.45) is 3.13. The molecule has 3 amide bonds. The number of unbranched alkanes of at least 4 members (excludes halogenated alkanes) is 1. The fourth-order valence-electron chi connectivity index (χ4n) is 3.94. The first-order chi connectivity index (χ1) is 18.6. The highest BCUT2D eigenvalue weighted by Crippen LogP contribution is 2.30. The minimum Gasteiger partial charge on any atom is -0.342 e. The summed E-state index contributed by atoms with van der Waals surface area (Å²) in [4.78, 5) is 53.1. The number of amides is 3. The number of nitrogens with one attached hydrogen (secondary N) is 2. The molecule has 2 N–H and O–H groups in total. The Morgan fingerprint density at radius 2 is 1.82 bits per heavy atom. The van der Waals surface area contributed by atoms with Crippen LogP contribution in [-0.2, 0) is 19.4 Å². The van der Waals surface area contributed by atoms with Crippen LogP contribution in [0.2, 0.25) is 0 Å². The number of thiazole rings is 1. The van der Waals surface area contributed by atoms with Gasteiger partial charge in [-0.25, -0.2) is 13.4 Å². The average molecular weight is 572 g/mol. The minimum atomic E-state index is -3.98. The molecule has 1 aromatic heterocycles. The number of anilines is 2. The molecule has 3 aromatic rings. The molecule has 1 aliphatic rings. The largest absolute Gasteiger partial charge is 0.342 e. The molecule has 1 fully saturated rings. The molecule has 4 rings (SSSR count). The molecule has 2 heterocycles. The number of likely N-dealkylation sites (tertiary alicyclic amines) is 1. The maximum absolute atomic E-state index is 12.8. The lowest BCUT2D eigenvalue weighted by molar-refractivity contribution is -0.384. The molecule has 39 heavy (non-hydrogen) atoms. The standard InChI is InChI=1S/C25H25N5O7S2/c1-2-3-12-29-15-17(13-21(29)31)24(33)27-18-6-4-16(5-7-18)23(32)28-25-26-14-22(38-25)39(36,37)20-10-8-19(9-11-20)30(34)35/h4-11,14,17H,2-3,12-13,15H2,1H3,(H,27,33)(H,26,28,32). The van der Waals surface area contributed by atoms with Gasteiger partial charge in [0.15, 0.2) is 5.13 Å². The highest BCUT2D eigenvalue weighted by atomic mass is 32.2. The lowest BCUT2D eigenvalue weighted by atomic mass is 10.1. The smallest absolute Gasteiger partial charge is 0.269 e. The van der Waals surface area contributed by atoms with Crippen LogP contribution >= 0.6 is 11.3 Å². The summed E-state index contributed by atoms with van der Waals surface area (Å²) < 4.78 is 25.5. The van der Waals surface area contributed by atoms with E-state index in [1.165, 1.54) is 12.1 Å². The van der Waals surface area contributed by atoms with Gasteiger partial charge < -0.3 is 10.2 Å². The number of hydrogen-bond donors (Lipinski definition) is 2. The normalized spacial score (nSPS) is 15.3. The van der Waals surface area contributed by atoms with Crippen molar-refractivity contribution in [3.8, 4) is 0 Å². The van der Waals surface area contributed by atoms with Crippen LogP contribution in [0.3, 0.4) is 0 Å². The Labute approximate surface area is 228 Å². The van der Waals surface area contributed by atoms with Crippen molar-refractivity contribution in [3.63, 3.8) is 0 Å². The van der Waals surface area contributed by atoms with Crippen LogP contribution in [-0.4, -0.2) is 54.0 Å². The number of nitrogens with zero attached hydrogens (tertiary/aromatic N) is 3. The van der Waals surface area contributed by atoms with E-state index in [0.29, 0.717) is 18.8 Å². The Morgan fingerprint density at radius 1 is 1.13 bits per heavy atom. The monoisotopic (exact) mass is 571 g/mol. The molecule has 1 atom stereocenters. The second-order valence-electron chi connectivity index (χ2n) is 8.85. The third kappa shape index (κ3) is 6.46. The van der Waals surface area contributed by atoms with E-state index in [2.05, 4.69) is 15.6 Å². The van der Waals surface area contributed by atoms with Crippen LogP contribution in [0.4, 0.5) is 16.5 Å². The van der Waals surface area contributed by atoms with Gasteiger partial charge in [-0.1, -0.05) is 24.7 Å². The van der Waals surface area contributed by atoms with E-state index in [-0.39, 0.29) is 43.7 Å². The van der Waals surface area contributed by atoms with Crippen molar-refractivity contribution >= 4 is 55.4 Å². The highest BCUT2D eigenvalue weighted by molar-refractivity contribution is 7.93. The number of carbonyl (C=O) groups is 3. The highest BCUT2D eigenvalue weighted by Gasteiger charge is 2.33. The van der Waals surface area contributed by atoms with Crippen molar-refractivity contribution in [3.05, 3.63) is 70.4 Å². The quantitative estimate of drug-likeness (QED) is 0.274. The molecule has 0 spiro atoms. The van der Waals surface area contributed by atoms with Crippen LogP contribution in [0.5, 0.6) is 0 Å². The van der Waals surface area contributed by atoms with E-state index < -0.39 is 26.6 Å². The number of benzene rings is 2. The second kappa shape index (κ2) is 11.7. The van der Waals surface area contributed by atoms with Gasteiger partial charge in [-0.2, -0.15) is 0 Å². The van der Waals surface area contributed by atoms with E-state index >= 15 is 0 Å². The van der Waals surface area contributed by atoms with Crippen molar-refractivity contribution in [2.45, 2.75) is 35.3 Å². The summed E-state index contributed by atoms with van der Waals surface area (Å²) in [7, 11) is -3.98. The zero-order valence-electron chi connectivity index (χ0n) is 20.8. The van der Waals surface area contributed by atoms with Crippen molar-refractivity contribution in [2.75, 3.05) is 23.7 Å². The fourth-order valence-corrected chi connectivity index (χ4v) is 6.36. The molecule has 1 unspecified atom stereocenters. The second-order valence-corrected chi connectivity index (χ2v) is 12.1. The molecular formula is C25H25N5O7S2. The molecule has 0 saturated carbocycles. The van der Waals surface area contributed by atoms with Crippen LogP contribution in [0, 0.1) is 16.0 Å². The molecule has 0 bridgehead atoms. The Morgan fingerprint density at radius 3 is 2.46 bits per heavy atom. The van der Waals surface area contributed by atoms with Gasteiger partial charge in [0.1, 0.15) is 4.21 Å². The Kier molecular flexibility index (Phi) is 8.35. The zero-order valence-corrected chi connectivity index (χ0v) is 22.5. The first kappa shape index (κ1) is 27.9. The SMILES string of the molecule is CCCCN1CC(C(=O)Nc2ccc(C(=O)Nc3ncc(S(=O)(=O)c4ccc([N+](=O)[O-])cc4)s3)cc2)CC1=O.